The van der Waals surface area contributed by atoms with Crippen molar-refractivity contribution in [2.75, 3.05) is 6.54 Å². The second-order valence-corrected chi connectivity index (χ2v) is 3.04. The normalized spacial score (nSPS) is 12.1. The largest absolute Gasteiger partial charge is 0.456 e. The van der Waals surface area contributed by atoms with Gasteiger partial charge >= 0.3 is 0 Å². The Kier molecular flexibility index (Phi) is 3.46. The number of aryl methyl sites for hydroxylation is 1. The van der Waals surface area contributed by atoms with Gasteiger partial charge in [-0.25, -0.2) is 0 Å². The van der Waals surface area contributed by atoms with Crippen molar-refractivity contribution in [2.24, 2.45) is 5.73 Å². The minimum atomic E-state index is -1.38. The van der Waals surface area contributed by atoms with Crippen LogP contribution in [0.15, 0.2) is 16.5 Å². The van der Waals surface area contributed by atoms with Gasteiger partial charge in [-0.2, -0.15) is 0 Å². The maximum Gasteiger partial charge on any atom is 0.287 e. The average molecular weight is 212 g/mol. The van der Waals surface area contributed by atoms with E-state index >= 15 is 0 Å². The van der Waals surface area contributed by atoms with Gasteiger partial charge in [-0.3, -0.25) is 9.59 Å². The molecule has 1 aromatic rings. The van der Waals surface area contributed by atoms with Crippen LogP contribution in [-0.2, 0) is 4.79 Å². The molecule has 4 N–H and O–H groups in total. The molecular formula is C9H12N2O4. The fourth-order valence-electron chi connectivity index (χ4n) is 0.934. The Bertz CT molecular complexity index is 372. The van der Waals surface area contributed by atoms with E-state index in [1.54, 1.807) is 13.0 Å². The van der Waals surface area contributed by atoms with Gasteiger partial charge in [-0.15, -0.1) is 0 Å². The van der Waals surface area contributed by atoms with E-state index in [1.807, 2.05) is 0 Å². The molecule has 1 rings (SSSR count). The third kappa shape index (κ3) is 3.10. The topological polar surface area (TPSA) is 106 Å². The van der Waals surface area contributed by atoms with Gasteiger partial charge < -0.3 is 20.6 Å². The Labute approximate surface area is 86.1 Å². The van der Waals surface area contributed by atoms with E-state index in [2.05, 4.69) is 5.32 Å². The number of hydrogen-bond acceptors (Lipinski definition) is 4. The van der Waals surface area contributed by atoms with Crippen LogP contribution < -0.4 is 11.1 Å². The van der Waals surface area contributed by atoms with E-state index in [-0.39, 0.29) is 12.3 Å². The number of aliphatic hydroxyl groups excluding tert-OH is 1. The molecule has 6 nitrogen and oxygen atoms in total. The van der Waals surface area contributed by atoms with Crippen LogP contribution in [0.1, 0.15) is 16.3 Å². The number of furan rings is 1. The molecule has 0 bridgehead atoms. The van der Waals surface area contributed by atoms with Crippen LogP contribution in [0, 0.1) is 6.92 Å². The van der Waals surface area contributed by atoms with Gasteiger partial charge in [0.15, 0.2) is 5.76 Å². The van der Waals surface area contributed by atoms with Crippen LogP contribution >= 0.6 is 0 Å². The van der Waals surface area contributed by atoms with E-state index in [1.165, 1.54) is 6.07 Å². The predicted octanol–water partition coefficient (Wildman–Crippen LogP) is -0.836. The summed E-state index contributed by atoms with van der Waals surface area (Å²) < 4.78 is 5.03. The summed E-state index contributed by atoms with van der Waals surface area (Å²) in [5, 5.41) is 11.3. The molecule has 1 atom stereocenters. The Morgan fingerprint density at radius 2 is 2.27 bits per heavy atom. The van der Waals surface area contributed by atoms with Crippen LogP contribution in [0.3, 0.4) is 0 Å². The first-order valence-corrected chi connectivity index (χ1v) is 4.32. The summed E-state index contributed by atoms with van der Waals surface area (Å²) in [5.41, 5.74) is 4.80. The summed E-state index contributed by atoms with van der Waals surface area (Å²) in [6, 6.07) is 3.14. The maximum atomic E-state index is 11.3. The number of aliphatic hydroxyl groups is 1. The number of carbonyl (C=O) groups is 2. The lowest BCUT2D eigenvalue weighted by Crippen LogP contribution is -2.39. The monoisotopic (exact) mass is 212 g/mol. The first-order valence-electron chi connectivity index (χ1n) is 4.32. The van der Waals surface area contributed by atoms with Crippen LogP contribution in [0.5, 0.6) is 0 Å². The summed E-state index contributed by atoms with van der Waals surface area (Å²) in [7, 11) is 0. The highest BCUT2D eigenvalue weighted by molar-refractivity contribution is 5.92. The highest BCUT2D eigenvalue weighted by atomic mass is 16.3. The van der Waals surface area contributed by atoms with Crippen LogP contribution in [0.4, 0.5) is 0 Å². The smallest absolute Gasteiger partial charge is 0.287 e. The van der Waals surface area contributed by atoms with Gasteiger partial charge in [0.2, 0.25) is 5.91 Å². The molecule has 0 saturated carbocycles. The standard InChI is InChI=1S/C9H12N2O4/c1-5-2-3-7(15-5)9(14)11-4-6(12)8(10)13/h2-3,6,12H,4H2,1H3,(H2,10,13)(H,11,14). The number of nitrogens with one attached hydrogen (secondary N) is 1. The molecular weight excluding hydrogens is 200 g/mol. The summed E-state index contributed by atoms with van der Waals surface area (Å²) in [6.45, 7) is 1.48. The molecule has 0 fully saturated rings. The number of primary amides is 1. The fraction of sp³-hybridized carbons (Fsp3) is 0.333. The number of nitrogens with two attached hydrogens (primary N) is 1. The Morgan fingerprint density at radius 1 is 1.60 bits per heavy atom. The van der Waals surface area contributed by atoms with E-state index < -0.39 is 17.9 Å². The molecule has 1 unspecified atom stereocenters. The van der Waals surface area contributed by atoms with Gasteiger partial charge in [0, 0.05) is 0 Å². The molecule has 0 aliphatic rings. The summed E-state index contributed by atoms with van der Waals surface area (Å²) >= 11 is 0. The van der Waals surface area contributed by atoms with E-state index in [9.17, 15) is 9.59 Å². The van der Waals surface area contributed by atoms with Crippen molar-refractivity contribution in [1.29, 1.82) is 0 Å². The number of hydrogen-bond donors (Lipinski definition) is 3. The first-order chi connectivity index (χ1) is 7.00. The zero-order valence-electron chi connectivity index (χ0n) is 8.19. The molecule has 0 aliphatic heterocycles. The van der Waals surface area contributed by atoms with E-state index in [4.69, 9.17) is 15.3 Å². The van der Waals surface area contributed by atoms with Crippen LogP contribution in [0.25, 0.3) is 0 Å². The van der Waals surface area contributed by atoms with Crippen molar-refractivity contribution in [3.8, 4) is 0 Å². The van der Waals surface area contributed by atoms with Gasteiger partial charge in [-0.1, -0.05) is 0 Å². The summed E-state index contributed by atoms with van der Waals surface area (Å²) in [6.07, 6.45) is -1.38. The third-order valence-electron chi connectivity index (χ3n) is 1.75. The fourth-order valence-corrected chi connectivity index (χ4v) is 0.934. The lowest BCUT2D eigenvalue weighted by molar-refractivity contribution is -0.125. The molecule has 6 heteroatoms. The Hall–Kier alpha value is -1.82. The van der Waals surface area contributed by atoms with Gasteiger partial charge in [-0.05, 0) is 19.1 Å². The second-order valence-electron chi connectivity index (χ2n) is 3.04. The number of carbonyl (C=O) groups excluding carboxylic acids is 2. The minimum Gasteiger partial charge on any atom is -0.456 e. The van der Waals surface area contributed by atoms with Crippen molar-refractivity contribution in [3.05, 3.63) is 23.7 Å². The molecule has 0 aliphatic carbocycles. The van der Waals surface area contributed by atoms with Crippen molar-refractivity contribution in [2.45, 2.75) is 13.0 Å². The molecule has 0 radical (unpaired) electrons. The highest BCUT2D eigenvalue weighted by Gasteiger charge is 2.14. The van der Waals surface area contributed by atoms with E-state index in [0.717, 1.165) is 0 Å². The third-order valence-corrected chi connectivity index (χ3v) is 1.75. The highest BCUT2D eigenvalue weighted by Crippen LogP contribution is 2.05. The zero-order valence-corrected chi connectivity index (χ0v) is 8.19. The molecule has 0 saturated heterocycles. The molecule has 15 heavy (non-hydrogen) atoms. The minimum absolute atomic E-state index is 0.129. The Balaban J connectivity index is 2.47. The summed E-state index contributed by atoms with van der Waals surface area (Å²) in [5.74, 6) is -0.644. The quantitative estimate of drug-likeness (QED) is 0.605. The molecule has 0 spiro atoms. The number of amides is 2. The predicted molar refractivity (Wildman–Crippen MR) is 51.0 cm³/mol. The lowest BCUT2D eigenvalue weighted by atomic mass is 10.3. The maximum absolute atomic E-state index is 11.3. The van der Waals surface area contributed by atoms with Gasteiger partial charge in [0.25, 0.3) is 5.91 Å². The lowest BCUT2D eigenvalue weighted by Gasteiger charge is -2.06. The van der Waals surface area contributed by atoms with Crippen LogP contribution in [0.2, 0.25) is 0 Å². The molecule has 0 aromatic carbocycles. The average Bonchev–Trinajstić information content (AvgIpc) is 2.60. The van der Waals surface area contributed by atoms with Crippen molar-refractivity contribution >= 4 is 11.8 Å². The SMILES string of the molecule is Cc1ccc(C(=O)NCC(O)C(N)=O)o1. The van der Waals surface area contributed by atoms with Crippen molar-refractivity contribution in [1.82, 2.24) is 5.32 Å². The first kappa shape index (κ1) is 11.3. The molecule has 1 heterocycles. The summed E-state index contributed by atoms with van der Waals surface area (Å²) in [4.78, 5) is 21.8. The second kappa shape index (κ2) is 4.61. The van der Waals surface area contributed by atoms with Gasteiger partial charge in [0.05, 0.1) is 6.54 Å². The zero-order chi connectivity index (χ0) is 11.4. The van der Waals surface area contributed by atoms with Crippen molar-refractivity contribution in [3.63, 3.8) is 0 Å². The molecule has 1 aromatic heterocycles. The Morgan fingerprint density at radius 3 is 2.73 bits per heavy atom. The van der Waals surface area contributed by atoms with Crippen molar-refractivity contribution < 1.29 is 19.1 Å². The number of rotatable bonds is 4. The molecule has 2 amide bonds. The molecule has 82 valence electrons. The van der Waals surface area contributed by atoms with Gasteiger partial charge in [0.1, 0.15) is 11.9 Å². The van der Waals surface area contributed by atoms with E-state index in [0.29, 0.717) is 5.76 Å². The van der Waals surface area contributed by atoms with Crippen LogP contribution in [-0.4, -0.2) is 29.6 Å².